The second-order valence-electron chi connectivity index (χ2n) is 12.0. The number of benzene rings is 4. The summed E-state index contributed by atoms with van der Waals surface area (Å²) in [7, 11) is 0. The summed E-state index contributed by atoms with van der Waals surface area (Å²) in [5.74, 6) is 0.868. The van der Waals surface area contributed by atoms with Gasteiger partial charge in [-0.3, -0.25) is 4.99 Å². The van der Waals surface area contributed by atoms with Gasteiger partial charge in [-0.05, 0) is 83.2 Å². The second-order valence-corrected chi connectivity index (χ2v) is 14.0. The normalized spacial score (nSPS) is 14.7. The molecule has 56 heavy (non-hydrogen) atoms. The second kappa shape index (κ2) is 23.7. The molecule has 0 atom stereocenters. The van der Waals surface area contributed by atoms with E-state index in [-0.39, 0.29) is 0 Å². The van der Waals surface area contributed by atoms with Gasteiger partial charge >= 0.3 is 0 Å². The van der Waals surface area contributed by atoms with E-state index in [0.717, 1.165) is 44.9 Å². The van der Waals surface area contributed by atoms with E-state index in [2.05, 4.69) is 162 Å². The van der Waals surface area contributed by atoms with E-state index >= 15 is 0 Å². The largest absolute Gasteiger partial charge is 0.279 e. The molecular formula is C52H52N2S2. The first-order valence-electron chi connectivity index (χ1n) is 18.6. The zero-order valence-electron chi connectivity index (χ0n) is 33.2. The van der Waals surface area contributed by atoms with E-state index in [1.807, 2.05) is 74.2 Å². The molecule has 6 rings (SSSR count). The van der Waals surface area contributed by atoms with E-state index in [0.29, 0.717) is 6.54 Å². The molecule has 0 N–H and O–H groups in total. The number of allylic oxidation sites excluding steroid dienone is 10. The van der Waals surface area contributed by atoms with Gasteiger partial charge in [0.25, 0.3) is 0 Å². The lowest BCUT2D eigenvalue weighted by molar-refractivity contribution is 1.19. The molecule has 0 saturated heterocycles. The fourth-order valence-electron chi connectivity index (χ4n) is 6.02. The van der Waals surface area contributed by atoms with Crippen LogP contribution in [0, 0.1) is 18.3 Å². The smallest absolute Gasteiger partial charge is 0.0912 e. The van der Waals surface area contributed by atoms with Gasteiger partial charge < -0.3 is 0 Å². The van der Waals surface area contributed by atoms with Crippen molar-refractivity contribution in [3.8, 4) is 6.07 Å². The molecule has 4 heteroatoms. The van der Waals surface area contributed by atoms with Gasteiger partial charge in [0.1, 0.15) is 0 Å². The van der Waals surface area contributed by atoms with Gasteiger partial charge in [-0.25, -0.2) is 0 Å². The first-order chi connectivity index (χ1) is 27.5. The molecule has 0 radical (unpaired) electrons. The Morgan fingerprint density at radius 2 is 1.66 bits per heavy atom. The van der Waals surface area contributed by atoms with Crippen LogP contribution in [0.1, 0.15) is 48.6 Å². The van der Waals surface area contributed by atoms with Crippen molar-refractivity contribution in [3.63, 3.8) is 0 Å². The van der Waals surface area contributed by atoms with Gasteiger partial charge in [0.2, 0.25) is 0 Å². The summed E-state index contributed by atoms with van der Waals surface area (Å²) < 4.78 is 2.51. The molecule has 2 nitrogen and oxygen atoms in total. The maximum atomic E-state index is 9.41. The summed E-state index contributed by atoms with van der Waals surface area (Å²) >= 11 is 3.69. The molecule has 1 aliphatic heterocycles. The number of thioether (sulfide) groups is 1. The lowest BCUT2D eigenvalue weighted by Crippen LogP contribution is -2.06. The van der Waals surface area contributed by atoms with Crippen LogP contribution in [0.3, 0.4) is 0 Å². The highest BCUT2D eigenvalue weighted by Crippen LogP contribution is 2.41. The average Bonchev–Trinajstić information content (AvgIpc) is 3.65. The number of nitrogens with zero attached hydrogens (tertiary/aromatic N) is 2. The molecule has 4 aromatic carbocycles. The number of rotatable bonds is 9. The predicted octanol–water partition coefficient (Wildman–Crippen LogP) is 15.4. The number of aliphatic imine (C=N–C) groups is 1. The summed E-state index contributed by atoms with van der Waals surface area (Å²) in [6, 6.07) is 32.3. The molecule has 1 aliphatic rings. The molecular weight excluding hydrogens is 717 g/mol. The highest BCUT2D eigenvalue weighted by Gasteiger charge is 2.15. The van der Waals surface area contributed by atoms with Gasteiger partial charge in [0.15, 0.2) is 0 Å². The molecule has 1 aromatic heterocycles. The molecule has 5 aromatic rings. The number of nitriles is 1. The molecule has 0 amide bonds. The van der Waals surface area contributed by atoms with Gasteiger partial charge in [0, 0.05) is 42.5 Å². The van der Waals surface area contributed by atoms with Gasteiger partial charge in [0.05, 0.1) is 18.3 Å². The lowest BCUT2D eigenvalue weighted by atomic mass is 9.99. The zero-order chi connectivity index (χ0) is 40.9. The SMILES string of the molecule is C=C.C=C.C=C/C(=C\C=C/C)C(=NCC(=Cc1ccc2c(c1)sc1c(/C3=C/C=C\C(=C)c4ccccc4SC3)cccc12)/C=C/C#N)c1cccc(C)c1.CC. The van der Waals surface area contributed by atoms with E-state index in [1.165, 1.54) is 47.8 Å². The van der Waals surface area contributed by atoms with Crippen LogP contribution in [0.4, 0.5) is 0 Å². The summed E-state index contributed by atoms with van der Waals surface area (Å²) in [6.07, 6.45) is 19.9. The van der Waals surface area contributed by atoms with Crippen molar-refractivity contribution in [1.29, 1.82) is 5.26 Å². The van der Waals surface area contributed by atoms with Crippen molar-refractivity contribution in [2.75, 3.05) is 12.3 Å². The summed E-state index contributed by atoms with van der Waals surface area (Å²) in [5.41, 5.74) is 10.8. The monoisotopic (exact) mass is 768 g/mol. The highest BCUT2D eigenvalue weighted by molar-refractivity contribution is 7.99. The maximum Gasteiger partial charge on any atom is 0.0912 e. The standard InChI is InChI=1S/C46H38N2S2.C2H6.2C2H4/c1-5-7-17-36(6-2)45(37-18-10-14-32(3)27-37)48-30-35(16-13-26-47)28-34-24-25-41-42-22-12-21-40(46(42)50-44(41)29-34)38-19-11-15-33(4)39-20-8-9-23-43(39)49-31-38;3*1-2/h5-25,27-29H,2,4,30-31H2,1,3H3;1-2H3;2*1-2H2/b7-5-,15-11-,16-13+,35-28?,36-17+,38-19+,48-45?;;;. The molecule has 0 unspecified atom stereocenters. The summed E-state index contributed by atoms with van der Waals surface area (Å²) in [5, 5.41) is 11.9. The van der Waals surface area contributed by atoms with Crippen molar-refractivity contribution in [1.82, 2.24) is 0 Å². The van der Waals surface area contributed by atoms with Crippen LogP contribution < -0.4 is 0 Å². The number of fused-ring (bicyclic) bond motifs is 4. The minimum Gasteiger partial charge on any atom is -0.279 e. The Hall–Kier alpha value is -5.99. The predicted molar refractivity (Wildman–Crippen MR) is 255 cm³/mol. The van der Waals surface area contributed by atoms with E-state index in [9.17, 15) is 5.26 Å². The van der Waals surface area contributed by atoms with Crippen molar-refractivity contribution in [3.05, 3.63) is 218 Å². The molecule has 0 fully saturated rings. The molecule has 282 valence electrons. The first-order valence-corrected chi connectivity index (χ1v) is 20.4. The van der Waals surface area contributed by atoms with Gasteiger partial charge in [-0.2, -0.15) is 5.26 Å². The van der Waals surface area contributed by atoms with Crippen molar-refractivity contribution >= 4 is 66.2 Å². The topological polar surface area (TPSA) is 36.1 Å². The third-order valence-electron chi connectivity index (χ3n) is 8.48. The van der Waals surface area contributed by atoms with Crippen LogP contribution in [0.25, 0.3) is 37.4 Å². The van der Waals surface area contributed by atoms with Crippen LogP contribution in [-0.2, 0) is 0 Å². The first kappa shape index (κ1) is 44.4. The zero-order valence-corrected chi connectivity index (χ0v) is 34.9. The quantitative estimate of drug-likeness (QED) is 0.0648. The number of aryl methyl sites for hydroxylation is 1. The van der Waals surface area contributed by atoms with Crippen LogP contribution in [0.15, 0.2) is 200 Å². The van der Waals surface area contributed by atoms with Crippen molar-refractivity contribution in [2.45, 2.75) is 32.6 Å². The Morgan fingerprint density at radius 3 is 2.39 bits per heavy atom. The molecule has 0 saturated carbocycles. The van der Waals surface area contributed by atoms with Gasteiger partial charge in [-0.15, -0.1) is 49.4 Å². The van der Waals surface area contributed by atoms with E-state index < -0.39 is 0 Å². The van der Waals surface area contributed by atoms with Gasteiger partial charge in [-0.1, -0.05) is 142 Å². The highest BCUT2D eigenvalue weighted by atomic mass is 32.2. The molecule has 0 spiro atoms. The third-order valence-corrected chi connectivity index (χ3v) is 10.8. The van der Waals surface area contributed by atoms with E-state index in [4.69, 9.17) is 4.99 Å². The Morgan fingerprint density at radius 1 is 0.911 bits per heavy atom. The van der Waals surface area contributed by atoms with Crippen molar-refractivity contribution in [2.24, 2.45) is 4.99 Å². The van der Waals surface area contributed by atoms with Crippen molar-refractivity contribution < 1.29 is 0 Å². The summed E-state index contributed by atoms with van der Waals surface area (Å²) in [4.78, 5) is 6.36. The van der Waals surface area contributed by atoms with Crippen LogP contribution in [0.5, 0.6) is 0 Å². The molecule has 2 heterocycles. The Labute approximate surface area is 343 Å². The van der Waals surface area contributed by atoms with Crippen LogP contribution in [0.2, 0.25) is 0 Å². The Kier molecular flexibility index (Phi) is 18.8. The minimum absolute atomic E-state index is 0.409. The number of hydrogen-bond acceptors (Lipinski definition) is 4. The number of hydrogen-bond donors (Lipinski definition) is 0. The fraction of sp³-hybridized carbons (Fsp3) is 0.115. The Bertz CT molecular complexity index is 2400. The Balaban J connectivity index is 0.00000134. The number of thiophene rings is 1. The summed E-state index contributed by atoms with van der Waals surface area (Å²) in [6.45, 7) is 28.9. The fourth-order valence-corrected chi connectivity index (χ4v) is 8.41. The molecule has 0 bridgehead atoms. The molecule has 0 aliphatic carbocycles. The minimum atomic E-state index is 0.409. The van der Waals surface area contributed by atoms with Crippen LogP contribution in [-0.4, -0.2) is 18.0 Å². The van der Waals surface area contributed by atoms with E-state index in [1.54, 1.807) is 0 Å². The third kappa shape index (κ3) is 11.5. The lowest BCUT2D eigenvalue weighted by Gasteiger charge is -2.11. The average molecular weight is 769 g/mol. The maximum absolute atomic E-state index is 9.41. The van der Waals surface area contributed by atoms with Crippen LogP contribution >= 0.6 is 23.1 Å².